The van der Waals surface area contributed by atoms with Crippen molar-refractivity contribution in [3.05, 3.63) is 57.6 Å². The van der Waals surface area contributed by atoms with Crippen LogP contribution in [0.25, 0.3) is 0 Å². The van der Waals surface area contributed by atoms with Crippen LogP contribution in [0.3, 0.4) is 0 Å². The van der Waals surface area contributed by atoms with E-state index >= 15 is 0 Å². The summed E-state index contributed by atoms with van der Waals surface area (Å²) in [5.41, 5.74) is 5.86. The van der Waals surface area contributed by atoms with E-state index in [0.717, 1.165) is 28.6 Å². The van der Waals surface area contributed by atoms with E-state index in [2.05, 4.69) is 37.4 Å². The van der Waals surface area contributed by atoms with Gasteiger partial charge in [0.2, 0.25) is 0 Å². The lowest BCUT2D eigenvalue weighted by atomic mass is 10.0. The summed E-state index contributed by atoms with van der Waals surface area (Å²) in [7, 11) is 0. The second-order valence-electron chi connectivity index (χ2n) is 5.43. The first-order chi connectivity index (χ1) is 9.54. The Labute approximate surface area is 124 Å². The summed E-state index contributed by atoms with van der Waals surface area (Å²) < 4.78 is 6.18. The first-order valence-corrected chi connectivity index (χ1v) is 7.20. The molecule has 0 saturated heterocycles. The zero-order valence-corrected chi connectivity index (χ0v) is 12.7. The highest BCUT2D eigenvalue weighted by Crippen LogP contribution is 2.39. The summed E-state index contributed by atoms with van der Waals surface area (Å²) in [6.45, 7) is 7.04. The quantitative estimate of drug-likeness (QED) is 0.812. The van der Waals surface area contributed by atoms with Gasteiger partial charge in [0.1, 0.15) is 11.9 Å². The SMILES string of the molecule is Cc1ccc(C2CNc3cc(Cl)cc(C)c3O2)cc1C. The smallest absolute Gasteiger partial charge is 0.146 e. The summed E-state index contributed by atoms with van der Waals surface area (Å²) in [5, 5.41) is 4.16. The van der Waals surface area contributed by atoms with Gasteiger partial charge in [-0.25, -0.2) is 0 Å². The van der Waals surface area contributed by atoms with Gasteiger partial charge in [-0.15, -0.1) is 0 Å². The molecule has 2 aromatic carbocycles. The third kappa shape index (κ3) is 2.36. The lowest BCUT2D eigenvalue weighted by Crippen LogP contribution is -2.24. The Kier molecular flexibility index (Phi) is 3.35. The van der Waals surface area contributed by atoms with Crippen molar-refractivity contribution in [1.29, 1.82) is 0 Å². The van der Waals surface area contributed by atoms with Gasteiger partial charge in [0.25, 0.3) is 0 Å². The first-order valence-electron chi connectivity index (χ1n) is 6.82. The minimum atomic E-state index is 0.0432. The van der Waals surface area contributed by atoms with Crippen LogP contribution in [0.1, 0.15) is 28.4 Å². The Hall–Kier alpha value is -1.67. The highest BCUT2D eigenvalue weighted by Gasteiger charge is 2.23. The zero-order valence-electron chi connectivity index (χ0n) is 12.0. The molecule has 1 atom stereocenters. The van der Waals surface area contributed by atoms with Gasteiger partial charge in [-0.2, -0.15) is 0 Å². The van der Waals surface area contributed by atoms with Crippen LogP contribution < -0.4 is 10.1 Å². The van der Waals surface area contributed by atoms with E-state index in [1.807, 2.05) is 19.1 Å². The molecule has 0 saturated carbocycles. The Morgan fingerprint density at radius 2 is 1.85 bits per heavy atom. The third-order valence-electron chi connectivity index (χ3n) is 3.88. The molecule has 0 amide bonds. The molecule has 3 heteroatoms. The standard InChI is InChI=1S/C17H18ClNO/c1-10-4-5-13(6-11(10)2)16-9-19-15-8-14(18)7-12(3)17(15)20-16/h4-8,16,19H,9H2,1-3H3. The number of hydrogen-bond donors (Lipinski definition) is 1. The first kappa shape index (κ1) is 13.3. The van der Waals surface area contributed by atoms with Crippen LogP contribution in [0, 0.1) is 20.8 Å². The van der Waals surface area contributed by atoms with Crippen molar-refractivity contribution in [2.45, 2.75) is 26.9 Å². The maximum atomic E-state index is 6.18. The second-order valence-corrected chi connectivity index (χ2v) is 5.87. The largest absolute Gasteiger partial charge is 0.481 e. The number of anilines is 1. The van der Waals surface area contributed by atoms with Crippen molar-refractivity contribution in [2.24, 2.45) is 0 Å². The molecule has 1 unspecified atom stereocenters. The fourth-order valence-electron chi connectivity index (χ4n) is 2.56. The summed E-state index contributed by atoms with van der Waals surface area (Å²) in [4.78, 5) is 0. The summed E-state index contributed by atoms with van der Waals surface area (Å²) >= 11 is 6.08. The Balaban J connectivity index is 1.93. The number of halogens is 1. The van der Waals surface area contributed by atoms with Crippen molar-refractivity contribution in [3.63, 3.8) is 0 Å². The normalized spacial score (nSPS) is 17.1. The molecule has 2 nitrogen and oxygen atoms in total. The van der Waals surface area contributed by atoms with E-state index in [-0.39, 0.29) is 6.10 Å². The molecule has 3 rings (SSSR count). The molecule has 0 aliphatic carbocycles. The van der Waals surface area contributed by atoms with Crippen LogP contribution >= 0.6 is 11.6 Å². The lowest BCUT2D eigenvalue weighted by molar-refractivity contribution is 0.209. The number of ether oxygens (including phenoxy) is 1. The minimum absolute atomic E-state index is 0.0432. The van der Waals surface area contributed by atoms with E-state index < -0.39 is 0 Å². The van der Waals surface area contributed by atoms with E-state index in [1.165, 1.54) is 16.7 Å². The molecule has 2 aromatic rings. The van der Waals surface area contributed by atoms with Gasteiger partial charge >= 0.3 is 0 Å². The topological polar surface area (TPSA) is 21.3 Å². The van der Waals surface area contributed by atoms with Crippen LogP contribution in [-0.4, -0.2) is 6.54 Å². The van der Waals surface area contributed by atoms with Gasteiger partial charge < -0.3 is 10.1 Å². The number of aryl methyl sites for hydroxylation is 3. The molecule has 104 valence electrons. The van der Waals surface area contributed by atoms with Gasteiger partial charge in [0, 0.05) is 5.02 Å². The van der Waals surface area contributed by atoms with Gasteiger partial charge in [-0.05, 0) is 55.2 Å². The van der Waals surface area contributed by atoms with Crippen LogP contribution in [0.5, 0.6) is 5.75 Å². The molecule has 1 heterocycles. The summed E-state index contributed by atoms with van der Waals surface area (Å²) in [6, 6.07) is 10.4. The van der Waals surface area contributed by atoms with Gasteiger partial charge in [0.05, 0.1) is 12.2 Å². The maximum Gasteiger partial charge on any atom is 0.146 e. The predicted molar refractivity (Wildman–Crippen MR) is 84.0 cm³/mol. The van der Waals surface area contributed by atoms with Crippen molar-refractivity contribution >= 4 is 17.3 Å². The number of hydrogen-bond acceptors (Lipinski definition) is 2. The molecule has 1 N–H and O–H groups in total. The third-order valence-corrected chi connectivity index (χ3v) is 4.10. The molecule has 0 bridgehead atoms. The van der Waals surface area contributed by atoms with Crippen molar-refractivity contribution in [2.75, 3.05) is 11.9 Å². The molecule has 0 fully saturated rings. The van der Waals surface area contributed by atoms with Crippen molar-refractivity contribution in [3.8, 4) is 5.75 Å². The summed E-state index contributed by atoms with van der Waals surface area (Å²) in [5.74, 6) is 0.906. The van der Waals surface area contributed by atoms with E-state index in [4.69, 9.17) is 16.3 Å². The Morgan fingerprint density at radius 1 is 1.05 bits per heavy atom. The molecular formula is C17H18ClNO. The predicted octanol–water partition coefficient (Wildman–Crippen LogP) is 4.81. The Bertz CT molecular complexity index is 666. The lowest BCUT2D eigenvalue weighted by Gasteiger charge is -2.29. The van der Waals surface area contributed by atoms with Gasteiger partial charge in [-0.1, -0.05) is 29.8 Å². The molecule has 1 aliphatic heterocycles. The molecule has 0 aromatic heterocycles. The monoisotopic (exact) mass is 287 g/mol. The van der Waals surface area contributed by atoms with Gasteiger partial charge in [-0.3, -0.25) is 0 Å². The highest BCUT2D eigenvalue weighted by molar-refractivity contribution is 6.31. The number of benzene rings is 2. The van der Waals surface area contributed by atoms with Gasteiger partial charge in [0.15, 0.2) is 0 Å². The maximum absolute atomic E-state index is 6.18. The van der Waals surface area contributed by atoms with Crippen LogP contribution in [0.4, 0.5) is 5.69 Å². The van der Waals surface area contributed by atoms with Crippen LogP contribution in [0.2, 0.25) is 5.02 Å². The minimum Gasteiger partial charge on any atom is -0.481 e. The zero-order chi connectivity index (χ0) is 14.3. The highest BCUT2D eigenvalue weighted by atomic mass is 35.5. The van der Waals surface area contributed by atoms with Crippen molar-refractivity contribution in [1.82, 2.24) is 0 Å². The number of nitrogens with one attached hydrogen (secondary N) is 1. The Morgan fingerprint density at radius 3 is 2.60 bits per heavy atom. The average Bonchev–Trinajstić information content (AvgIpc) is 2.41. The average molecular weight is 288 g/mol. The van der Waals surface area contributed by atoms with E-state index in [1.54, 1.807) is 0 Å². The fraction of sp³-hybridized carbons (Fsp3) is 0.294. The van der Waals surface area contributed by atoms with E-state index in [0.29, 0.717) is 0 Å². The van der Waals surface area contributed by atoms with Crippen LogP contribution in [-0.2, 0) is 0 Å². The van der Waals surface area contributed by atoms with E-state index in [9.17, 15) is 0 Å². The summed E-state index contributed by atoms with van der Waals surface area (Å²) in [6.07, 6.45) is 0.0432. The van der Waals surface area contributed by atoms with Crippen LogP contribution in [0.15, 0.2) is 30.3 Å². The fourth-order valence-corrected chi connectivity index (χ4v) is 2.83. The molecule has 0 radical (unpaired) electrons. The number of fused-ring (bicyclic) bond motifs is 1. The van der Waals surface area contributed by atoms with Crippen molar-refractivity contribution < 1.29 is 4.74 Å². The molecular weight excluding hydrogens is 270 g/mol. The number of rotatable bonds is 1. The molecule has 0 spiro atoms. The molecule has 1 aliphatic rings. The molecule has 20 heavy (non-hydrogen) atoms. The second kappa shape index (κ2) is 5.02.